The van der Waals surface area contributed by atoms with Gasteiger partial charge in [-0.25, -0.2) is 8.42 Å². The molecule has 7 heteroatoms. The van der Waals surface area contributed by atoms with Gasteiger partial charge in [0.15, 0.2) is 15.6 Å². The second-order valence-electron chi connectivity index (χ2n) is 5.05. The van der Waals surface area contributed by atoms with E-state index in [4.69, 9.17) is 4.42 Å². The zero-order chi connectivity index (χ0) is 17.0. The molecule has 124 valence electrons. The molecule has 2 heterocycles. The lowest BCUT2D eigenvalue weighted by Crippen LogP contribution is -2.31. The van der Waals surface area contributed by atoms with E-state index in [1.165, 1.54) is 23.7 Å². The lowest BCUT2D eigenvalue weighted by molar-refractivity contribution is 0.0926. The Bertz CT molecular complexity index is 885. The minimum absolute atomic E-state index is 0.0305. The molecule has 1 unspecified atom stereocenters. The molecule has 0 aliphatic heterocycles. The predicted octanol–water partition coefficient (Wildman–Crippen LogP) is 3.29. The number of hydrogen-bond donors (Lipinski definition) is 1. The Kier molecular flexibility index (Phi) is 4.82. The second kappa shape index (κ2) is 7.02. The zero-order valence-corrected chi connectivity index (χ0v) is 14.2. The summed E-state index contributed by atoms with van der Waals surface area (Å²) >= 11 is 1.35. The third-order valence-corrected chi connectivity index (χ3v) is 6.73. The Morgan fingerprint density at radius 1 is 1.08 bits per heavy atom. The van der Waals surface area contributed by atoms with Crippen molar-refractivity contribution in [2.75, 3.05) is 6.54 Å². The van der Waals surface area contributed by atoms with Crippen LogP contribution in [0.1, 0.15) is 20.7 Å². The van der Waals surface area contributed by atoms with Crippen molar-refractivity contribution in [1.82, 2.24) is 5.32 Å². The quantitative estimate of drug-likeness (QED) is 0.731. The number of thiophene rings is 1. The normalized spacial score (nSPS) is 12.7. The predicted molar refractivity (Wildman–Crippen MR) is 91.7 cm³/mol. The van der Waals surface area contributed by atoms with Gasteiger partial charge >= 0.3 is 0 Å². The molecule has 0 fully saturated rings. The van der Waals surface area contributed by atoms with Crippen molar-refractivity contribution in [3.8, 4) is 0 Å². The molecule has 1 amide bonds. The molecule has 3 aromatic rings. The highest BCUT2D eigenvalue weighted by Gasteiger charge is 2.30. The third kappa shape index (κ3) is 3.42. The molecule has 2 aromatic heterocycles. The van der Waals surface area contributed by atoms with E-state index >= 15 is 0 Å². The summed E-state index contributed by atoms with van der Waals surface area (Å²) in [4.78, 5) is 13.0. The fraction of sp³-hybridized carbons (Fsp3) is 0.118. The first-order valence-electron chi connectivity index (χ1n) is 7.23. The first-order chi connectivity index (χ1) is 11.6. The van der Waals surface area contributed by atoms with Gasteiger partial charge in [0.25, 0.3) is 5.91 Å². The topological polar surface area (TPSA) is 76.4 Å². The second-order valence-corrected chi connectivity index (χ2v) is 8.16. The van der Waals surface area contributed by atoms with Gasteiger partial charge in [-0.1, -0.05) is 24.3 Å². The standard InChI is InChI=1S/C17H15NO4S2/c19-17(14-8-4-10-22-14)18-12-16(15-9-5-11-23-15)24(20,21)13-6-2-1-3-7-13/h1-11,16H,12H2,(H,18,19). The number of furan rings is 1. The van der Waals surface area contributed by atoms with Gasteiger partial charge in [-0.05, 0) is 35.7 Å². The van der Waals surface area contributed by atoms with Crippen LogP contribution in [0, 0.1) is 0 Å². The van der Waals surface area contributed by atoms with E-state index in [1.807, 2.05) is 5.38 Å². The Hall–Kier alpha value is -2.38. The number of benzene rings is 1. The molecular weight excluding hydrogens is 346 g/mol. The number of carbonyl (C=O) groups excluding carboxylic acids is 1. The SMILES string of the molecule is O=C(NCC(c1cccs1)S(=O)(=O)c1ccccc1)c1ccco1. The first-order valence-corrected chi connectivity index (χ1v) is 9.65. The van der Waals surface area contributed by atoms with Gasteiger partial charge in [0, 0.05) is 11.4 Å². The summed E-state index contributed by atoms with van der Waals surface area (Å²) < 4.78 is 31.0. The van der Waals surface area contributed by atoms with Crippen molar-refractivity contribution in [1.29, 1.82) is 0 Å². The van der Waals surface area contributed by atoms with E-state index < -0.39 is 21.0 Å². The van der Waals surface area contributed by atoms with Crippen LogP contribution >= 0.6 is 11.3 Å². The van der Waals surface area contributed by atoms with Crippen molar-refractivity contribution in [2.45, 2.75) is 10.1 Å². The van der Waals surface area contributed by atoms with Crippen molar-refractivity contribution in [3.63, 3.8) is 0 Å². The van der Waals surface area contributed by atoms with Crippen LogP contribution in [0.3, 0.4) is 0 Å². The Morgan fingerprint density at radius 3 is 2.50 bits per heavy atom. The number of amides is 1. The van der Waals surface area contributed by atoms with Gasteiger partial charge in [-0.15, -0.1) is 11.3 Å². The van der Waals surface area contributed by atoms with Crippen LogP contribution in [-0.2, 0) is 9.84 Å². The largest absolute Gasteiger partial charge is 0.459 e. The maximum absolute atomic E-state index is 13.0. The monoisotopic (exact) mass is 361 g/mol. The van der Waals surface area contributed by atoms with Crippen molar-refractivity contribution in [2.24, 2.45) is 0 Å². The molecule has 1 atom stereocenters. The van der Waals surface area contributed by atoms with E-state index in [2.05, 4.69) is 5.32 Å². The number of carbonyl (C=O) groups is 1. The maximum atomic E-state index is 13.0. The lowest BCUT2D eigenvalue weighted by atomic mass is 10.3. The molecule has 1 aromatic carbocycles. The van der Waals surface area contributed by atoms with Crippen molar-refractivity contribution < 1.29 is 17.6 Å². The van der Waals surface area contributed by atoms with Gasteiger partial charge in [0.2, 0.25) is 0 Å². The summed E-state index contributed by atoms with van der Waals surface area (Å²) in [5.74, 6) is -0.290. The van der Waals surface area contributed by atoms with Gasteiger partial charge in [0.1, 0.15) is 5.25 Å². The average molecular weight is 361 g/mol. The first kappa shape index (κ1) is 16.5. The van der Waals surface area contributed by atoms with Gasteiger partial charge in [-0.2, -0.15) is 0 Å². The van der Waals surface area contributed by atoms with Crippen LogP contribution in [0.4, 0.5) is 0 Å². The third-order valence-electron chi connectivity index (χ3n) is 3.50. The smallest absolute Gasteiger partial charge is 0.287 e. The molecule has 0 aliphatic carbocycles. The molecule has 0 saturated heterocycles. The fourth-order valence-corrected chi connectivity index (χ4v) is 5.10. The molecule has 0 saturated carbocycles. The summed E-state index contributed by atoms with van der Waals surface area (Å²) in [5.41, 5.74) is 0. The zero-order valence-electron chi connectivity index (χ0n) is 12.6. The van der Waals surface area contributed by atoms with Crippen LogP contribution in [0.15, 0.2) is 75.6 Å². The molecular formula is C17H15NO4S2. The molecule has 0 bridgehead atoms. The Morgan fingerprint density at radius 2 is 1.88 bits per heavy atom. The Labute approximate surface area is 143 Å². The number of sulfone groups is 1. The van der Waals surface area contributed by atoms with Crippen LogP contribution in [0.25, 0.3) is 0 Å². The molecule has 0 spiro atoms. The van der Waals surface area contributed by atoms with Crippen LogP contribution < -0.4 is 5.32 Å². The van der Waals surface area contributed by atoms with E-state index in [9.17, 15) is 13.2 Å². The minimum Gasteiger partial charge on any atom is -0.459 e. The van der Waals surface area contributed by atoms with Gasteiger partial charge in [-0.3, -0.25) is 4.79 Å². The highest BCUT2D eigenvalue weighted by atomic mass is 32.2. The summed E-state index contributed by atoms with van der Waals surface area (Å²) in [6, 6.07) is 14.9. The Balaban J connectivity index is 1.86. The summed E-state index contributed by atoms with van der Waals surface area (Å²) in [6.07, 6.45) is 1.40. The van der Waals surface area contributed by atoms with Crippen molar-refractivity contribution >= 4 is 27.1 Å². The fourth-order valence-electron chi connectivity index (χ4n) is 2.29. The van der Waals surface area contributed by atoms with Gasteiger partial charge < -0.3 is 9.73 Å². The molecule has 0 radical (unpaired) electrons. The highest BCUT2D eigenvalue weighted by molar-refractivity contribution is 7.91. The number of rotatable bonds is 6. The van der Waals surface area contributed by atoms with Crippen molar-refractivity contribution in [3.05, 3.63) is 76.9 Å². The molecule has 1 N–H and O–H groups in total. The van der Waals surface area contributed by atoms with Crippen LogP contribution in [0.5, 0.6) is 0 Å². The summed E-state index contributed by atoms with van der Waals surface area (Å²) in [7, 11) is -3.62. The molecule has 24 heavy (non-hydrogen) atoms. The van der Waals surface area contributed by atoms with Gasteiger partial charge in [0.05, 0.1) is 11.2 Å². The minimum atomic E-state index is -3.62. The summed E-state index contributed by atoms with van der Waals surface area (Å²) in [6.45, 7) is -0.0305. The van der Waals surface area contributed by atoms with E-state index in [1.54, 1.807) is 48.5 Å². The molecule has 5 nitrogen and oxygen atoms in total. The average Bonchev–Trinajstić information content (AvgIpc) is 3.29. The molecule has 3 rings (SSSR count). The summed E-state index contributed by atoms with van der Waals surface area (Å²) in [5, 5.41) is 3.61. The van der Waals surface area contributed by atoms with E-state index in [-0.39, 0.29) is 17.2 Å². The van der Waals surface area contributed by atoms with Crippen LogP contribution in [0.2, 0.25) is 0 Å². The van der Waals surface area contributed by atoms with E-state index in [0.29, 0.717) is 4.88 Å². The number of nitrogens with one attached hydrogen (secondary N) is 1. The van der Waals surface area contributed by atoms with E-state index in [0.717, 1.165) is 0 Å². The maximum Gasteiger partial charge on any atom is 0.287 e. The number of hydrogen-bond acceptors (Lipinski definition) is 5. The lowest BCUT2D eigenvalue weighted by Gasteiger charge is -2.17. The van der Waals surface area contributed by atoms with Crippen LogP contribution in [-0.4, -0.2) is 20.9 Å². The highest BCUT2D eigenvalue weighted by Crippen LogP contribution is 2.31. The molecule has 0 aliphatic rings.